The lowest BCUT2D eigenvalue weighted by Gasteiger charge is -2.29. The zero-order chi connectivity index (χ0) is 16.1. The summed E-state index contributed by atoms with van der Waals surface area (Å²) in [6, 6.07) is 13.8. The minimum atomic E-state index is -0.200. The summed E-state index contributed by atoms with van der Waals surface area (Å²) in [6.45, 7) is 0. The van der Waals surface area contributed by atoms with Gasteiger partial charge in [-0.05, 0) is 54.9 Å². The minimum Gasteiger partial charge on any atom is -0.467 e. The number of hydrogen-bond donors (Lipinski definition) is 2. The van der Waals surface area contributed by atoms with Crippen molar-refractivity contribution < 1.29 is 4.42 Å². The first-order chi connectivity index (χ1) is 11.2. The van der Waals surface area contributed by atoms with Crippen molar-refractivity contribution in [1.29, 1.82) is 5.26 Å². The van der Waals surface area contributed by atoms with Crippen LogP contribution in [0.25, 0.3) is 0 Å². The number of nitriles is 1. The highest BCUT2D eigenvalue weighted by Gasteiger charge is 2.38. The number of rotatable bonds is 4. The highest BCUT2D eigenvalue weighted by molar-refractivity contribution is 7.80. The standard InChI is InChI=1S/C18H19N3OS/c19-12-9-14-5-7-15(8-6-14)20-17(23)21-18(10-1-2-11-18)16-4-3-13-22-16/h3-8,13H,1-2,9-11H2,(H2,20,21,23). The van der Waals surface area contributed by atoms with E-state index in [9.17, 15) is 0 Å². The van der Waals surface area contributed by atoms with Gasteiger partial charge in [0.1, 0.15) is 5.76 Å². The molecule has 1 fully saturated rings. The molecule has 0 bridgehead atoms. The summed E-state index contributed by atoms with van der Waals surface area (Å²) in [5.41, 5.74) is 1.71. The lowest BCUT2D eigenvalue weighted by molar-refractivity contribution is 0.317. The van der Waals surface area contributed by atoms with Crippen molar-refractivity contribution in [2.45, 2.75) is 37.6 Å². The third kappa shape index (κ3) is 3.54. The molecule has 1 saturated carbocycles. The molecule has 0 atom stereocenters. The molecule has 0 aliphatic heterocycles. The van der Waals surface area contributed by atoms with Crippen LogP contribution in [0.5, 0.6) is 0 Å². The first-order valence-corrected chi connectivity index (χ1v) is 8.22. The smallest absolute Gasteiger partial charge is 0.171 e. The summed E-state index contributed by atoms with van der Waals surface area (Å²) in [7, 11) is 0. The Morgan fingerprint density at radius 1 is 1.22 bits per heavy atom. The normalized spacial score (nSPS) is 15.8. The number of benzene rings is 1. The average molecular weight is 325 g/mol. The minimum absolute atomic E-state index is 0.200. The van der Waals surface area contributed by atoms with E-state index in [0.29, 0.717) is 11.5 Å². The predicted molar refractivity (Wildman–Crippen MR) is 94.0 cm³/mol. The second kappa shape index (κ2) is 6.84. The van der Waals surface area contributed by atoms with Gasteiger partial charge in [-0.2, -0.15) is 5.26 Å². The van der Waals surface area contributed by atoms with Gasteiger partial charge in [-0.3, -0.25) is 0 Å². The Morgan fingerprint density at radius 2 is 1.96 bits per heavy atom. The summed E-state index contributed by atoms with van der Waals surface area (Å²) < 4.78 is 5.63. The fourth-order valence-electron chi connectivity index (χ4n) is 3.14. The molecule has 0 unspecified atom stereocenters. The maximum atomic E-state index is 8.71. The summed E-state index contributed by atoms with van der Waals surface area (Å²) in [6.07, 6.45) is 6.50. The number of hydrogen-bond acceptors (Lipinski definition) is 3. The van der Waals surface area contributed by atoms with E-state index in [1.165, 1.54) is 12.8 Å². The second-order valence-corrected chi connectivity index (χ2v) is 6.29. The van der Waals surface area contributed by atoms with Crippen LogP contribution in [0.4, 0.5) is 5.69 Å². The van der Waals surface area contributed by atoms with E-state index in [2.05, 4.69) is 16.7 Å². The van der Waals surface area contributed by atoms with Gasteiger partial charge in [0, 0.05) is 5.69 Å². The van der Waals surface area contributed by atoms with Gasteiger partial charge >= 0.3 is 0 Å². The Morgan fingerprint density at radius 3 is 2.57 bits per heavy atom. The van der Waals surface area contributed by atoms with Gasteiger partial charge < -0.3 is 15.1 Å². The Balaban J connectivity index is 1.67. The SMILES string of the molecule is N#CCc1ccc(NC(=S)NC2(c3ccco3)CCCC2)cc1. The number of nitrogens with one attached hydrogen (secondary N) is 2. The van der Waals surface area contributed by atoms with Crippen molar-refractivity contribution in [3.63, 3.8) is 0 Å². The zero-order valence-electron chi connectivity index (χ0n) is 12.8. The molecule has 1 heterocycles. The van der Waals surface area contributed by atoms with Crippen LogP contribution < -0.4 is 10.6 Å². The molecule has 4 nitrogen and oxygen atoms in total. The second-order valence-electron chi connectivity index (χ2n) is 5.88. The average Bonchev–Trinajstić information content (AvgIpc) is 3.21. The summed E-state index contributed by atoms with van der Waals surface area (Å²) in [5.74, 6) is 0.948. The Kier molecular flexibility index (Phi) is 4.63. The van der Waals surface area contributed by atoms with Gasteiger partial charge in [0.2, 0.25) is 0 Å². The van der Waals surface area contributed by atoms with Crippen molar-refractivity contribution in [1.82, 2.24) is 5.32 Å². The van der Waals surface area contributed by atoms with Crippen molar-refractivity contribution in [2.24, 2.45) is 0 Å². The highest BCUT2D eigenvalue weighted by Crippen LogP contribution is 2.39. The molecule has 2 N–H and O–H groups in total. The molecule has 0 amide bonds. The van der Waals surface area contributed by atoms with Crippen molar-refractivity contribution in [2.75, 3.05) is 5.32 Å². The van der Waals surface area contributed by atoms with E-state index in [0.717, 1.165) is 29.9 Å². The van der Waals surface area contributed by atoms with E-state index in [4.69, 9.17) is 21.9 Å². The van der Waals surface area contributed by atoms with Gasteiger partial charge in [0.25, 0.3) is 0 Å². The van der Waals surface area contributed by atoms with Crippen molar-refractivity contribution in [3.05, 3.63) is 54.0 Å². The largest absolute Gasteiger partial charge is 0.467 e. The molecule has 1 aromatic carbocycles. The molecule has 0 radical (unpaired) electrons. The maximum Gasteiger partial charge on any atom is 0.171 e. The Bertz CT molecular complexity index is 695. The van der Waals surface area contributed by atoms with Gasteiger partial charge in [-0.1, -0.05) is 25.0 Å². The molecule has 1 aliphatic carbocycles. The number of anilines is 1. The van der Waals surface area contributed by atoms with Crippen LogP contribution >= 0.6 is 12.2 Å². The van der Waals surface area contributed by atoms with E-state index >= 15 is 0 Å². The highest BCUT2D eigenvalue weighted by atomic mass is 32.1. The molecule has 5 heteroatoms. The monoisotopic (exact) mass is 325 g/mol. The zero-order valence-corrected chi connectivity index (χ0v) is 13.7. The van der Waals surface area contributed by atoms with Crippen LogP contribution in [-0.4, -0.2) is 5.11 Å². The topological polar surface area (TPSA) is 61.0 Å². The summed E-state index contributed by atoms with van der Waals surface area (Å²) >= 11 is 5.49. The molecule has 1 aliphatic rings. The van der Waals surface area contributed by atoms with Crippen LogP contribution in [0.2, 0.25) is 0 Å². The van der Waals surface area contributed by atoms with Crippen molar-refractivity contribution in [3.8, 4) is 6.07 Å². The molecule has 2 aromatic rings. The van der Waals surface area contributed by atoms with Crippen molar-refractivity contribution >= 4 is 23.0 Å². The number of thiocarbonyl (C=S) groups is 1. The van der Waals surface area contributed by atoms with Gasteiger partial charge in [-0.15, -0.1) is 0 Å². The quantitative estimate of drug-likeness (QED) is 0.829. The molecular formula is C18H19N3OS. The lowest BCUT2D eigenvalue weighted by atomic mass is 9.94. The fourth-order valence-corrected chi connectivity index (χ4v) is 3.45. The van der Waals surface area contributed by atoms with Crippen LogP contribution in [0.1, 0.15) is 37.0 Å². The van der Waals surface area contributed by atoms with Gasteiger partial charge in [0.15, 0.2) is 5.11 Å². The first kappa shape index (κ1) is 15.6. The number of furan rings is 1. The Labute approximate surface area is 141 Å². The summed E-state index contributed by atoms with van der Waals surface area (Å²) in [4.78, 5) is 0. The molecule has 3 rings (SSSR count). The van der Waals surface area contributed by atoms with E-state index in [-0.39, 0.29) is 5.54 Å². The van der Waals surface area contributed by atoms with E-state index < -0.39 is 0 Å². The molecule has 0 saturated heterocycles. The number of nitrogens with zero attached hydrogens (tertiary/aromatic N) is 1. The third-order valence-corrected chi connectivity index (χ3v) is 4.50. The van der Waals surface area contributed by atoms with Crippen LogP contribution in [0.15, 0.2) is 47.1 Å². The Hall–Kier alpha value is -2.32. The molecule has 1 aromatic heterocycles. The maximum absolute atomic E-state index is 8.71. The molecule has 0 spiro atoms. The first-order valence-electron chi connectivity index (χ1n) is 7.81. The van der Waals surface area contributed by atoms with E-state index in [1.807, 2.05) is 36.4 Å². The van der Waals surface area contributed by atoms with Gasteiger partial charge in [-0.25, -0.2) is 0 Å². The van der Waals surface area contributed by atoms with Crippen LogP contribution in [0.3, 0.4) is 0 Å². The third-order valence-electron chi connectivity index (χ3n) is 4.30. The molecular weight excluding hydrogens is 306 g/mol. The summed E-state index contributed by atoms with van der Waals surface area (Å²) in [5, 5.41) is 16.0. The van der Waals surface area contributed by atoms with Crippen LogP contribution in [-0.2, 0) is 12.0 Å². The van der Waals surface area contributed by atoms with Gasteiger partial charge in [0.05, 0.1) is 24.3 Å². The van der Waals surface area contributed by atoms with E-state index in [1.54, 1.807) is 6.26 Å². The predicted octanol–water partition coefficient (Wildman–Crippen LogP) is 4.10. The van der Waals surface area contributed by atoms with Crippen LogP contribution in [0, 0.1) is 11.3 Å². The molecule has 118 valence electrons. The fraction of sp³-hybridized carbons (Fsp3) is 0.333. The lowest BCUT2D eigenvalue weighted by Crippen LogP contribution is -2.45. The molecule has 23 heavy (non-hydrogen) atoms.